The largest absolute Gasteiger partial charge is 0.423 e. The zero-order chi connectivity index (χ0) is 36.1. The molecule has 2 aliphatic rings. The molecule has 0 atom stereocenters. The molecular formula is C41H38F2N8O2. The lowest BCUT2D eigenvalue weighted by Gasteiger charge is -2.30. The number of aromatic nitrogens is 4. The number of fused-ring (bicyclic) bond motifs is 8. The molecule has 0 saturated carbocycles. The first-order valence-corrected chi connectivity index (χ1v) is 17.9. The Morgan fingerprint density at radius 3 is 2.25 bits per heavy atom. The first-order chi connectivity index (χ1) is 25.7. The van der Waals surface area contributed by atoms with E-state index < -0.39 is 0 Å². The number of halogens is 2. The highest BCUT2D eigenvalue weighted by atomic mass is 19.1. The first-order valence-electron chi connectivity index (χ1n) is 17.9. The Hall–Kier alpha value is -6.04. The molecule has 0 amide bonds. The topological polar surface area (TPSA) is 85.7 Å². The van der Waals surface area contributed by atoms with Gasteiger partial charge in [0.15, 0.2) is 11.2 Å². The van der Waals surface area contributed by atoms with Gasteiger partial charge in [-0.15, -0.1) is 0 Å². The van der Waals surface area contributed by atoms with Crippen LogP contribution in [-0.4, -0.2) is 60.8 Å². The lowest BCUT2D eigenvalue weighted by Crippen LogP contribution is -2.31. The molecule has 10 rings (SSSR count). The maximum atomic E-state index is 16.0. The quantitative estimate of drug-likeness (QED) is 0.186. The van der Waals surface area contributed by atoms with Crippen molar-refractivity contribution in [2.45, 2.75) is 32.5 Å². The summed E-state index contributed by atoms with van der Waals surface area (Å²) in [5.74, 6) is -0.542. The van der Waals surface area contributed by atoms with E-state index in [0.29, 0.717) is 37.2 Å². The lowest BCUT2D eigenvalue weighted by molar-refractivity contribution is 0.595. The van der Waals surface area contributed by atoms with E-state index in [-0.39, 0.29) is 11.6 Å². The van der Waals surface area contributed by atoms with Crippen molar-refractivity contribution in [3.8, 4) is 0 Å². The number of oxazole rings is 2. The van der Waals surface area contributed by atoms with E-state index in [9.17, 15) is 4.39 Å². The van der Waals surface area contributed by atoms with Crippen molar-refractivity contribution in [1.82, 2.24) is 19.5 Å². The molecule has 8 aromatic rings. The van der Waals surface area contributed by atoms with Crippen LogP contribution in [0.3, 0.4) is 0 Å². The number of H-pyrrole nitrogens is 1. The van der Waals surface area contributed by atoms with Gasteiger partial charge in [0, 0.05) is 135 Å². The minimum atomic E-state index is -0.286. The van der Waals surface area contributed by atoms with Gasteiger partial charge in [-0.25, -0.2) is 8.78 Å². The molecule has 268 valence electrons. The summed E-state index contributed by atoms with van der Waals surface area (Å²) >= 11 is 0. The molecule has 0 bridgehead atoms. The van der Waals surface area contributed by atoms with Crippen molar-refractivity contribution in [3.05, 3.63) is 106 Å². The van der Waals surface area contributed by atoms with E-state index in [0.717, 1.165) is 98.3 Å². The average molecular weight is 713 g/mol. The molecule has 4 aromatic heterocycles. The molecule has 0 saturated heterocycles. The highest BCUT2D eigenvalue weighted by Gasteiger charge is 2.27. The molecule has 0 spiro atoms. The number of rotatable bonds is 6. The molecule has 0 aliphatic carbocycles. The third-order valence-corrected chi connectivity index (χ3v) is 10.9. The molecule has 0 radical (unpaired) electrons. The van der Waals surface area contributed by atoms with Crippen molar-refractivity contribution in [2.75, 3.05) is 60.9 Å². The second-order valence-corrected chi connectivity index (χ2v) is 14.7. The highest BCUT2D eigenvalue weighted by molar-refractivity contribution is 5.89. The van der Waals surface area contributed by atoms with Gasteiger partial charge in [0.05, 0.1) is 6.54 Å². The third-order valence-electron chi connectivity index (χ3n) is 10.9. The predicted molar refractivity (Wildman–Crippen MR) is 205 cm³/mol. The van der Waals surface area contributed by atoms with Crippen LogP contribution >= 0.6 is 0 Å². The molecule has 10 nitrogen and oxygen atoms in total. The Kier molecular flexibility index (Phi) is 7.02. The van der Waals surface area contributed by atoms with Gasteiger partial charge in [-0.2, -0.15) is 9.97 Å². The Bertz CT molecular complexity index is 2740. The van der Waals surface area contributed by atoms with Crippen molar-refractivity contribution in [1.29, 1.82) is 0 Å². The minimum absolute atomic E-state index is 0.256. The minimum Gasteiger partial charge on any atom is -0.423 e. The number of nitrogens with one attached hydrogen (secondary N) is 1. The SMILES string of the molecule is CN(C)c1nc2cc(N3CCc4c(c5cc(F)ccc5n4Cc4cc5c6c([nH]c5cc4F)CCN(c4ccc5nc(N(C)C)oc5c4)C6)C3)ccc2o1. The molecule has 1 N–H and O–H groups in total. The van der Waals surface area contributed by atoms with Crippen LogP contribution < -0.4 is 19.6 Å². The maximum absolute atomic E-state index is 16.0. The fourth-order valence-electron chi connectivity index (χ4n) is 8.20. The molecule has 0 fully saturated rings. The Morgan fingerprint density at radius 1 is 0.717 bits per heavy atom. The summed E-state index contributed by atoms with van der Waals surface area (Å²) in [5.41, 5.74) is 12.0. The van der Waals surface area contributed by atoms with Crippen LogP contribution in [0.15, 0.2) is 75.6 Å². The van der Waals surface area contributed by atoms with Gasteiger partial charge in [-0.1, -0.05) is 0 Å². The van der Waals surface area contributed by atoms with Crippen molar-refractivity contribution in [3.63, 3.8) is 0 Å². The van der Waals surface area contributed by atoms with Gasteiger partial charge in [-0.3, -0.25) is 0 Å². The van der Waals surface area contributed by atoms with Gasteiger partial charge >= 0.3 is 0 Å². The Balaban J connectivity index is 0.981. The summed E-state index contributed by atoms with van der Waals surface area (Å²) in [6.45, 7) is 3.22. The second kappa shape index (κ2) is 11.7. The molecule has 6 heterocycles. The van der Waals surface area contributed by atoms with Crippen LogP contribution in [-0.2, 0) is 32.5 Å². The number of anilines is 4. The third kappa shape index (κ3) is 5.18. The standard InChI is InChI=1S/C41H38F2N8O2/c1-47(2)40-45-33-8-6-26(18-39(33)53-40)49-13-11-32-29(21-49)27-15-23(31(43)19-34(27)44-32)20-51-36-9-5-24(42)16-28(36)30-22-50(14-12-37(30)51)25-7-10-38-35(17-25)46-41(52-38)48(3)4/h5-10,15-19,44H,11-14,20-22H2,1-4H3. The molecule has 4 aromatic carbocycles. The first kappa shape index (κ1) is 31.7. The van der Waals surface area contributed by atoms with Crippen LogP contribution in [0.1, 0.15) is 28.1 Å². The van der Waals surface area contributed by atoms with E-state index >= 15 is 4.39 Å². The van der Waals surface area contributed by atoms with Crippen LogP contribution in [0.2, 0.25) is 0 Å². The molecule has 12 heteroatoms. The lowest BCUT2D eigenvalue weighted by atomic mass is 10.0. The van der Waals surface area contributed by atoms with Gasteiger partial charge in [-0.05, 0) is 60.7 Å². The summed E-state index contributed by atoms with van der Waals surface area (Å²) in [7, 11) is 7.63. The number of hydrogen-bond donors (Lipinski definition) is 1. The van der Waals surface area contributed by atoms with E-state index in [2.05, 4.69) is 47.5 Å². The van der Waals surface area contributed by atoms with Crippen LogP contribution in [0, 0.1) is 11.6 Å². The summed E-state index contributed by atoms with van der Waals surface area (Å²) in [6, 6.07) is 21.9. The Labute approximate surface area is 303 Å². The molecule has 2 aliphatic heterocycles. The van der Waals surface area contributed by atoms with Gasteiger partial charge < -0.3 is 38.0 Å². The van der Waals surface area contributed by atoms with E-state index in [1.54, 1.807) is 12.1 Å². The maximum Gasteiger partial charge on any atom is 0.297 e. The van der Waals surface area contributed by atoms with Crippen molar-refractivity contribution < 1.29 is 17.6 Å². The van der Waals surface area contributed by atoms with Crippen molar-refractivity contribution in [2.24, 2.45) is 0 Å². The summed E-state index contributed by atoms with van der Waals surface area (Å²) in [6.07, 6.45) is 1.55. The number of aromatic amines is 1. The van der Waals surface area contributed by atoms with Gasteiger partial charge in [0.1, 0.15) is 22.7 Å². The summed E-state index contributed by atoms with van der Waals surface area (Å²) in [5, 5.41) is 1.89. The van der Waals surface area contributed by atoms with E-state index in [4.69, 9.17) is 8.83 Å². The van der Waals surface area contributed by atoms with E-state index in [1.165, 1.54) is 11.6 Å². The van der Waals surface area contributed by atoms with Crippen LogP contribution in [0.4, 0.5) is 32.2 Å². The normalized spacial score (nSPS) is 14.5. The fraction of sp³-hybridized carbons (Fsp3) is 0.268. The molecule has 53 heavy (non-hydrogen) atoms. The predicted octanol–water partition coefficient (Wildman–Crippen LogP) is 7.99. The highest BCUT2D eigenvalue weighted by Crippen LogP contribution is 2.37. The summed E-state index contributed by atoms with van der Waals surface area (Å²) < 4.78 is 44.9. The van der Waals surface area contributed by atoms with Crippen LogP contribution in [0.25, 0.3) is 44.0 Å². The zero-order valence-corrected chi connectivity index (χ0v) is 30.0. The smallest absolute Gasteiger partial charge is 0.297 e. The Morgan fingerprint density at radius 2 is 1.43 bits per heavy atom. The van der Waals surface area contributed by atoms with Crippen molar-refractivity contribution >= 4 is 67.4 Å². The number of hydrogen-bond acceptors (Lipinski definition) is 8. The average Bonchev–Trinajstić information content (AvgIpc) is 3.93. The second-order valence-electron chi connectivity index (χ2n) is 14.7. The molecular weight excluding hydrogens is 675 g/mol. The molecule has 0 unspecified atom stereocenters. The zero-order valence-electron chi connectivity index (χ0n) is 30.0. The number of benzene rings is 4. The monoisotopic (exact) mass is 712 g/mol. The van der Waals surface area contributed by atoms with E-state index in [1.807, 2.05) is 68.3 Å². The van der Waals surface area contributed by atoms with Gasteiger partial charge in [0.2, 0.25) is 0 Å². The fourth-order valence-corrected chi connectivity index (χ4v) is 8.20. The number of nitrogens with zero attached hydrogens (tertiary/aromatic N) is 7. The van der Waals surface area contributed by atoms with Gasteiger partial charge in [0.25, 0.3) is 12.0 Å². The van der Waals surface area contributed by atoms with Crippen LogP contribution in [0.5, 0.6) is 0 Å². The summed E-state index contributed by atoms with van der Waals surface area (Å²) in [4.78, 5) is 21.1.